The van der Waals surface area contributed by atoms with Crippen molar-refractivity contribution in [2.24, 2.45) is 17.8 Å². The number of esters is 2. The molecule has 0 aromatic rings. The van der Waals surface area contributed by atoms with E-state index >= 15 is 0 Å². The van der Waals surface area contributed by atoms with E-state index in [1.165, 1.54) is 0 Å². The average Bonchev–Trinajstić information content (AvgIpc) is 2.68. The summed E-state index contributed by atoms with van der Waals surface area (Å²) in [5.74, 6) is -1.07. The molecule has 0 spiro atoms. The van der Waals surface area contributed by atoms with E-state index in [1.54, 1.807) is 0 Å². The van der Waals surface area contributed by atoms with Gasteiger partial charge in [0, 0.05) is 0 Å². The number of carbonyl (C=O) groups is 2. The first kappa shape index (κ1) is 18.7. The number of rotatable bonds is 3. The molecule has 22 heavy (non-hydrogen) atoms. The molecule has 0 N–H and O–H groups in total. The highest BCUT2D eigenvalue weighted by molar-refractivity contribution is 5.78. The van der Waals surface area contributed by atoms with Crippen LogP contribution in [0.2, 0.25) is 0 Å². The van der Waals surface area contributed by atoms with Gasteiger partial charge in [-0.25, -0.2) is 0 Å². The zero-order valence-corrected chi connectivity index (χ0v) is 15.0. The zero-order valence-electron chi connectivity index (χ0n) is 15.0. The molecule has 0 amide bonds. The van der Waals surface area contributed by atoms with Crippen molar-refractivity contribution in [3.63, 3.8) is 0 Å². The molecular formula is C18H30O4. The molecule has 0 saturated heterocycles. The highest BCUT2D eigenvalue weighted by Crippen LogP contribution is 2.42. The van der Waals surface area contributed by atoms with E-state index in [0.29, 0.717) is 12.8 Å². The van der Waals surface area contributed by atoms with Crippen LogP contribution in [0.3, 0.4) is 0 Å². The van der Waals surface area contributed by atoms with Gasteiger partial charge in [-0.3, -0.25) is 9.59 Å². The van der Waals surface area contributed by atoms with Gasteiger partial charge >= 0.3 is 11.9 Å². The molecule has 0 heterocycles. The number of allylic oxidation sites excluding steroid dienone is 1. The van der Waals surface area contributed by atoms with Gasteiger partial charge in [0.25, 0.3) is 0 Å². The monoisotopic (exact) mass is 310 g/mol. The lowest BCUT2D eigenvalue weighted by atomic mass is 9.90. The average molecular weight is 310 g/mol. The van der Waals surface area contributed by atoms with Crippen molar-refractivity contribution in [3.8, 4) is 0 Å². The maximum absolute atomic E-state index is 12.4. The van der Waals surface area contributed by atoms with Gasteiger partial charge in [-0.05, 0) is 67.2 Å². The molecule has 0 aromatic heterocycles. The van der Waals surface area contributed by atoms with Gasteiger partial charge in [-0.2, -0.15) is 0 Å². The smallest absolute Gasteiger partial charge is 0.310 e. The number of ether oxygens (including phenoxy) is 2. The van der Waals surface area contributed by atoms with Gasteiger partial charge in [-0.15, -0.1) is 0 Å². The number of hydrogen-bond acceptors (Lipinski definition) is 4. The first-order valence-electron chi connectivity index (χ1n) is 7.91. The Bertz CT molecular complexity index is 451. The Balaban J connectivity index is 2.83. The van der Waals surface area contributed by atoms with Crippen LogP contribution in [0.15, 0.2) is 12.2 Å². The van der Waals surface area contributed by atoms with E-state index in [2.05, 4.69) is 6.58 Å². The third-order valence-corrected chi connectivity index (χ3v) is 3.65. The molecule has 1 aliphatic carbocycles. The van der Waals surface area contributed by atoms with Crippen LogP contribution in [0.1, 0.15) is 61.3 Å². The molecule has 0 unspecified atom stereocenters. The van der Waals surface area contributed by atoms with E-state index in [4.69, 9.17) is 9.47 Å². The summed E-state index contributed by atoms with van der Waals surface area (Å²) in [5, 5.41) is 0. The molecular weight excluding hydrogens is 280 g/mol. The first-order chi connectivity index (χ1) is 9.80. The van der Waals surface area contributed by atoms with Crippen LogP contribution in [-0.4, -0.2) is 23.1 Å². The van der Waals surface area contributed by atoms with Crippen LogP contribution in [-0.2, 0) is 19.1 Å². The maximum atomic E-state index is 12.4. The minimum Gasteiger partial charge on any atom is -0.460 e. The van der Waals surface area contributed by atoms with Crippen LogP contribution >= 0.6 is 0 Å². The molecule has 126 valence electrons. The van der Waals surface area contributed by atoms with Gasteiger partial charge < -0.3 is 9.47 Å². The second-order valence-electron chi connectivity index (χ2n) is 8.29. The molecule has 0 radical (unpaired) electrons. The topological polar surface area (TPSA) is 52.6 Å². The second-order valence-corrected chi connectivity index (χ2v) is 8.29. The van der Waals surface area contributed by atoms with Crippen LogP contribution in [0.25, 0.3) is 0 Å². The Morgan fingerprint density at radius 1 is 0.864 bits per heavy atom. The lowest BCUT2D eigenvalue weighted by Crippen LogP contribution is -2.31. The van der Waals surface area contributed by atoms with Crippen molar-refractivity contribution in [2.75, 3.05) is 0 Å². The summed E-state index contributed by atoms with van der Waals surface area (Å²) in [4.78, 5) is 24.7. The third-order valence-electron chi connectivity index (χ3n) is 3.65. The summed E-state index contributed by atoms with van der Waals surface area (Å²) in [5.41, 5.74) is -0.123. The highest BCUT2D eigenvalue weighted by atomic mass is 16.6. The molecule has 1 fully saturated rings. The Kier molecular flexibility index (Phi) is 5.47. The van der Waals surface area contributed by atoms with Crippen LogP contribution < -0.4 is 0 Å². The number of hydrogen-bond donors (Lipinski definition) is 0. The summed E-state index contributed by atoms with van der Waals surface area (Å²) in [6, 6.07) is 0. The lowest BCUT2D eigenvalue weighted by Gasteiger charge is -2.25. The molecule has 1 aliphatic rings. The summed E-state index contributed by atoms with van der Waals surface area (Å²) in [6.07, 6.45) is 1.08. The summed E-state index contributed by atoms with van der Waals surface area (Å²) in [7, 11) is 0. The molecule has 3 atom stereocenters. The predicted octanol–water partition coefficient (Wildman–Crippen LogP) is 3.89. The van der Waals surface area contributed by atoms with Gasteiger partial charge in [-0.1, -0.05) is 12.2 Å². The molecule has 0 aliphatic heterocycles. The summed E-state index contributed by atoms with van der Waals surface area (Å²) in [6.45, 7) is 17.0. The largest absolute Gasteiger partial charge is 0.460 e. The van der Waals surface area contributed by atoms with Crippen LogP contribution in [0.5, 0.6) is 0 Å². The van der Waals surface area contributed by atoms with E-state index in [1.807, 2.05) is 48.5 Å². The predicted molar refractivity (Wildman–Crippen MR) is 86.2 cm³/mol. The van der Waals surface area contributed by atoms with E-state index < -0.39 is 11.2 Å². The molecule has 1 saturated carbocycles. The van der Waals surface area contributed by atoms with Crippen molar-refractivity contribution < 1.29 is 19.1 Å². The Morgan fingerprint density at radius 3 is 1.68 bits per heavy atom. The lowest BCUT2D eigenvalue weighted by molar-refractivity contribution is -0.161. The molecule has 0 bridgehead atoms. The normalized spacial score (nSPS) is 25.7. The fourth-order valence-corrected chi connectivity index (χ4v) is 2.80. The Morgan fingerprint density at radius 2 is 1.27 bits per heavy atom. The molecule has 4 heteroatoms. The summed E-state index contributed by atoms with van der Waals surface area (Å²) >= 11 is 0. The Labute approximate surface area is 134 Å². The fraction of sp³-hybridized carbons (Fsp3) is 0.778. The Hall–Kier alpha value is -1.32. The summed E-state index contributed by atoms with van der Waals surface area (Å²) < 4.78 is 11.0. The fourth-order valence-electron chi connectivity index (χ4n) is 2.80. The van der Waals surface area contributed by atoms with Crippen molar-refractivity contribution in [2.45, 2.75) is 72.5 Å². The van der Waals surface area contributed by atoms with Gasteiger partial charge in [0.2, 0.25) is 0 Å². The van der Waals surface area contributed by atoms with Crippen molar-refractivity contribution in [3.05, 3.63) is 12.2 Å². The zero-order chi connectivity index (χ0) is 17.3. The van der Waals surface area contributed by atoms with E-state index in [9.17, 15) is 9.59 Å². The van der Waals surface area contributed by atoms with Crippen LogP contribution in [0, 0.1) is 17.8 Å². The van der Waals surface area contributed by atoms with Crippen LogP contribution in [0.4, 0.5) is 0 Å². The highest BCUT2D eigenvalue weighted by Gasteiger charge is 2.44. The number of carbonyl (C=O) groups excluding carboxylic acids is 2. The van der Waals surface area contributed by atoms with Gasteiger partial charge in [0.15, 0.2) is 0 Å². The first-order valence-corrected chi connectivity index (χ1v) is 7.91. The molecule has 4 nitrogen and oxygen atoms in total. The van der Waals surface area contributed by atoms with Gasteiger partial charge in [0.1, 0.15) is 11.2 Å². The van der Waals surface area contributed by atoms with Crippen molar-refractivity contribution in [1.82, 2.24) is 0 Å². The quantitative estimate of drug-likeness (QED) is 0.586. The third kappa shape index (κ3) is 5.47. The standard InChI is InChI=1S/C18H30O4/c1-11(2)13-9-12(15(19)21-17(3,4)5)10-14(13)16(20)22-18(6,7)8/h12-14H,1,9-10H2,2-8H3/t12-,13+,14-/m0/s1. The van der Waals surface area contributed by atoms with Crippen molar-refractivity contribution in [1.29, 1.82) is 0 Å². The minimum absolute atomic E-state index is 0.0210. The molecule has 1 rings (SSSR count). The molecule has 0 aromatic carbocycles. The van der Waals surface area contributed by atoms with E-state index in [0.717, 1.165) is 5.57 Å². The van der Waals surface area contributed by atoms with Crippen molar-refractivity contribution >= 4 is 11.9 Å². The SMILES string of the molecule is C=C(C)[C@H]1C[C@H](C(=O)OC(C)(C)C)C[C@@H]1C(=O)OC(C)(C)C. The van der Waals surface area contributed by atoms with E-state index in [-0.39, 0.29) is 29.7 Å². The minimum atomic E-state index is -0.527. The second kappa shape index (κ2) is 6.43. The maximum Gasteiger partial charge on any atom is 0.310 e. The van der Waals surface area contributed by atoms with Gasteiger partial charge in [0.05, 0.1) is 11.8 Å².